The fraction of sp³-hybridized carbons (Fsp3) is 0.273. The molecule has 150 valence electrons. The number of ether oxygens (including phenoxy) is 4. The van der Waals surface area contributed by atoms with E-state index in [4.69, 9.17) is 23.5 Å². The van der Waals surface area contributed by atoms with Crippen LogP contribution >= 0.6 is 0 Å². The molecule has 4 rings (SSSR count). The average molecular weight is 395 g/mol. The fourth-order valence-corrected chi connectivity index (χ4v) is 2.97. The molecule has 0 unspecified atom stereocenters. The third kappa shape index (κ3) is 4.31. The summed E-state index contributed by atoms with van der Waals surface area (Å²) in [5.74, 6) is 0.530. The van der Waals surface area contributed by atoms with Gasteiger partial charge in [-0.2, -0.15) is 0 Å². The molecule has 3 aromatic rings. The van der Waals surface area contributed by atoms with Gasteiger partial charge in [0.05, 0.1) is 20.3 Å². The molecule has 0 bridgehead atoms. The molecular weight excluding hydrogens is 374 g/mol. The minimum absolute atomic E-state index is 0.0747. The monoisotopic (exact) mass is 395 g/mol. The van der Waals surface area contributed by atoms with Gasteiger partial charge in [0.25, 0.3) is 0 Å². The van der Waals surface area contributed by atoms with E-state index in [1.165, 1.54) is 7.11 Å². The molecule has 2 heterocycles. The first-order valence-electron chi connectivity index (χ1n) is 9.31. The van der Waals surface area contributed by atoms with E-state index in [9.17, 15) is 4.79 Å². The molecule has 29 heavy (non-hydrogen) atoms. The summed E-state index contributed by atoms with van der Waals surface area (Å²) in [6.45, 7) is 3.27. The van der Waals surface area contributed by atoms with Gasteiger partial charge in [-0.05, 0) is 31.5 Å². The maximum Gasteiger partial charge on any atom is 0.366 e. The van der Waals surface area contributed by atoms with E-state index in [-0.39, 0.29) is 11.4 Å². The van der Waals surface area contributed by atoms with Crippen LogP contribution in [0.4, 0.5) is 0 Å². The van der Waals surface area contributed by atoms with Crippen LogP contribution in [0, 0.1) is 6.92 Å². The zero-order valence-corrected chi connectivity index (χ0v) is 16.2. The summed E-state index contributed by atoms with van der Waals surface area (Å²) in [6, 6.07) is 14.4. The lowest BCUT2D eigenvalue weighted by molar-refractivity contribution is -0.183. The molecule has 1 aromatic heterocycles. The molecule has 7 heteroatoms. The zero-order valence-electron chi connectivity index (χ0n) is 16.2. The molecule has 1 fully saturated rings. The van der Waals surface area contributed by atoms with Gasteiger partial charge in [0.1, 0.15) is 0 Å². The number of nitrogens with zero attached hydrogens (tertiary/aromatic N) is 1. The van der Waals surface area contributed by atoms with Crippen LogP contribution < -0.4 is 9.47 Å². The highest BCUT2D eigenvalue weighted by Gasteiger charge is 2.21. The van der Waals surface area contributed by atoms with E-state index in [2.05, 4.69) is 5.16 Å². The second kappa shape index (κ2) is 8.46. The molecule has 0 amide bonds. The third-order valence-electron chi connectivity index (χ3n) is 4.55. The number of carbonyl (C=O) groups excluding carboxylic acids is 1. The molecule has 7 nitrogen and oxygen atoms in total. The van der Waals surface area contributed by atoms with Crippen molar-refractivity contribution in [1.29, 1.82) is 0 Å². The van der Waals surface area contributed by atoms with Crippen molar-refractivity contribution in [3.8, 4) is 22.8 Å². The summed E-state index contributed by atoms with van der Waals surface area (Å²) in [7, 11) is 1.50. The minimum atomic E-state index is -0.636. The van der Waals surface area contributed by atoms with E-state index in [1.807, 2.05) is 31.2 Å². The van der Waals surface area contributed by atoms with Crippen LogP contribution in [0.5, 0.6) is 11.5 Å². The van der Waals surface area contributed by atoms with Gasteiger partial charge in [-0.15, -0.1) is 0 Å². The van der Waals surface area contributed by atoms with Gasteiger partial charge < -0.3 is 23.5 Å². The standard InChI is InChI=1S/C22H21NO6/c1-14-4-6-15(7-5-14)19-13-17(23-29-19)21(24)28-18-9-8-16(12-20(18)25-2)22-26-10-3-11-27-22/h4-9,12-13,22H,3,10-11H2,1-2H3. The van der Waals surface area contributed by atoms with E-state index < -0.39 is 12.3 Å². The number of carbonyl (C=O) groups is 1. The number of rotatable bonds is 5. The number of hydrogen-bond donors (Lipinski definition) is 0. The first-order chi connectivity index (χ1) is 14.1. The Bertz CT molecular complexity index is 989. The lowest BCUT2D eigenvalue weighted by atomic mass is 10.1. The maximum atomic E-state index is 12.5. The van der Waals surface area contributed by atoms with E-state index >= 15 is 0 Å². The fourth-order valence-electron chi connectivity index (χ4n) is 2.97. The minimum Gasteiger partial charge on any atom is -0.493 e. The van der Waals surface area contributed by atoms with Crippen LogP contribution in [0.2, 0.25) is 0 Å². The third-order valence-corrected chi connectivity index (χ3v) is 4.55. The molecule has 0 N–H and O–H groups in total. The van der Waals surface area contributed by atoms with E-state index in [0.717, 1.165) is 23.1 Å². The van der Waals surface area contributed by atoms with Crippen LogP contribution in [0.25, 0.3) is 11.3 Å². The lowest BCUT2D eigenvalue weighted by Gasteiger charge is -2.24. The molecule has 0 atom stereocenters. The molecule has 0 saturated carbocycles. The Morgan fingerprint density at radius 1 is 1.03 bits per heavy atom. The van der Waals surface area contributed by atoms with Gasteiger partial charge >= 0.3 is 5.97 Å². The predicted octanol–water partition coefficient (Wildman–Crippen LogP) is 4.31. The summed E-state index contributed by atoms with van der Waals surface area (Å²) in [5, 5.41) is 3.83. The first-order valence-corrected chi connectivity index (χ1v) is 9.31. The molecule has 1 aliphatic rings. The van der Waals surface area contributed by atoms with Gasteiger partial charge in [-0.3, -0.25) is 0 Å². The molecule has 0 radical (unpaired) electrons. The normalized spacial score (nSPS) is 14.6. The number of aromatic nitrogens is 1. The van der Waals surface area contributed by atoms with Crippen molar-refractivity contribution in [2.45, 2.75) is 19.6 Å². The quantitative estimate of drug-likeness (QED) is 0.470. The highest BCUT2D eigenvalue weighted by atomic mass is 16.7. The molecular formula is C22H21NO6. The van der Waals surface area contributed by atoms with Crippen LogP contribution in [-0.2, 0) is 9.47 Å². The second-order valence-corrected chi connectivity index (χ2v) is 6.67. The van der Waals surface area contributed by atoms with Crippen LogP contribution in [-0.4, -0.2) is 31.4 Å². The van der Waals surface area contributed by atoms with Crippen LogP contribution in [0.3, 0.4) is 0 Å². The Labute approximate surface area is 168 Å². The number of aryl methyl sites for hydroxylation is 1. The van der Waals surface area contributed by atoms with Crippen molar-refractivity contribution >= 4 is 5.97 Å². The Morgan fingerprint density at radius 2 is 1.79 bits per heavy atom. The summed E-state index contributed by atoms with van der Waals surface area (Å²) in [5.41, 5.74) is 2.83. The number of methoxy groups -OCH3 is 1. The maximum absolute atomic E-state index is 12.5. The number of benzene rings is 2. The lowest BCUT2D eigenvalue weighted by Crippen LogP contribution is -2.18. The molecule has 0 aliphatic carbocycles. The van der Waals surface area contributed by atoms with Crippen molar-refractivity contribution in [3.05, 3.63) is 65.4 Å². The van der Waals surface area contributed by atoms with Gasteiger partial charge in [0, 0.05) is 17.2 Å². The first kappa shape index (κ1) is 19.2. The molecule has 0 spiro atoms. The Balaban J connectivity index is 1.50. The molecule has 1 aliphatic heterocycles. The number of esters is 1. The van der Waals surface area contributed by atoms with E-state index in [0.29, 0.717) is 24.7 Å². The van der Waals surface area contributed by atoms with Gasteiger partial charge in [0.2, 0.25) is 0 Å². The summed E-state index contributed by atoms with van der Waals surface area (Å²) < 4.78 is 27.3. The largest absolute Gasteiger partial charge is 0.493 e. The van der Waals surface area contributed by atoms with Crippen molar-refractivity contribution in [2.75, 3.05) is 20.3 Å². The zero-order chi connectivity index (χ0) is 20.2. The summed E-state index contributed by atoms with van der Waals surface area (Å²) in [4.78, 5) is 12.5. The predicted molar refractivity (Wildman–Crippen MR) is 104 cm³/mol. The Morgan fingerprint density at radius 3 is 2.52 bits per heavy atom. The topological polar surface area (TPSA) is 80.0 Å². The summed E-state index contributed by atoms with van der Waals surface area (Å²) in [6.07, 6.45) is 0.418. The van der Waals surface area contributed by atoms with Crippen molar-refractivity contribution < 1.29 is 28.3 Å². The van der Waals surface area contributed by atoms with Crippen molar-refractivity contribution in [1.82, 2.24) is 5.16 Å². The van der Waals surface area contributed by atoms with Crippen molar-refractivity contribution in [3.63, 3.8) is 0 Å². The van der Waals surface area contributed by atoms with Crippen molar-refractivity contribution in [2.24, 2.45) is 0 Å². The number of hydrogen-bond acceptors (Lipinski definition) is 7. The van der Waals surface area contributed by atoms with E-state index in [1.54, 1.807) is 24.3 Å². The molecule has 1 saturated heterocycles. The van der Waals surface area contributed by atoms with Crippen LogP contribution in [0.1, 0.15) is 34.3 Å². The van der Waals surface area contributed by atoms with Crippen LogP contribution in [0.15, 0.2) is 53.1 Å². The molecule has 2 aromatic carbocycles. The van der Waals surface area contributed by atoms with Gasteiger partial charge in [-0.25, -0.2) is 4.79 Å². The SMILES string of the molecule is COc1cc(C2OCCCO2)ccc1OC(=O)c1cc(-c2ccc(C)cc2)on1. The Hall–Kier alpha value is -3.16. The second-order valence-electron chi connectivity index (χ2n) is 6.67. The average Bonchev–Trinajstić information content (AvgIpc) is 3.25. The highest BCUT2D eigenvalue weighted by molar-refractivity contribution is 5.90. The smallest absolute Gasteiger partial charge is 0.366 e. The summed E-state index contributed by atoms with van der Waals surface area (Å²) >= 11 is 0. The van der Waals surface area contributed by atoms with Gasteiger partial charge in [-0.1, -0.05) is 35.0 Å². The highest BCUT2D eigenvalue weighted by Crippen LogP contribution is 2.33. The van der Waals surface area contributed by atoms with Gasteiger partial charge in [0.15, 0.2) is 29.2 Å². The Kier molecular flexibility index (Phi) is 5.59.